The van der Waals surface area contributed by atoms with Crippen LogP contribution in [-0.2, 0) is 16.1 Å². The Morgan fingerprint density at radius 3 is 2.53 bits per heavy atom. The van der Waals surface area contributed by atoms with E-state index in [1.54, 1.807) is 6.07 Å². The number of aromatic nitrogens is 1. The molecule has 1 fully saturated rings. The number of methoxy groups -OCH3 is 1. The van der Waals surface area contributed by atoms with Crippen LogP contribution in [0.15, 0.2) is 30.5 Å². The van der Waals surface area contributed by atoms with Gasteiger partial charge in [0.2, 0.25) is 5.91 Å². The summed E-state index contributed by atoms with van der Waals surface area (Å²) in [4.78, 5) is 56.0. The SMILES string of the molecule is COC(=O)c1ccc(NC(=O)[C@H](CC2CCCCC2)NC(=O)N2Cc3cc(Cl)c(Cl)cc3C2=O)nc1. The maximum absolute atomic E-state index is 13.2. The third kappa shape index (κ3) is 5.79. The summed E-state index contributed by atoms with van der Waals surface area (Å²) in [6.07, 6.45) is 6.97. The number of halogens is 2. The number of hydrogen-bond acceptors (Lipinski definition) is 6. The van der Waals surface area contributed by atoms with Gasteiger partial charge in [-0.3, -0.25) is 14.5 Å². The Morgan fingerprint density at radius 1 is 1.14 bits per heavy atom. The molecule has 2 heterocycles. The standard InChI is InChI=1S/C25H26Cl2N4O5/c1-36-24(34)15-7-8-21(28-12-15)30-22(32)20(9-14-5-3-2-4-6-14)29-25(35)31-13-16-10-18(26)19(27)11-17(16)23(31)33/h7-8,10-12,14,20H,2-6,9,13H2,1H3,(H,29,35)(H,28,30,32)/t20-/m0/s1. The van der Waals surface area contributed by atoms with Crippen molar-refractivity contribution in [1.82, 2.24) is 15.2 Å². The molecule has 1 aliphatic carbocycles. The van der Waals surface area contributed by atoms with Gasteiger partial charge in [0.15, 0.2) is 0 Å². The Kier molecular flexibility index (Phi) is 8.11. The number of rotatable bonds is 6. The van der Waals surface area contributed by atoms with Gasteiger partial charge < -0.3 is 15.4 Å². The van der Waals surface area contributed by atoms with Crippen molar-refractivity contribution in [3.63, 3.8) is 0 Å². The van der Waals surface area contributed by atoms with Gasteiger partial charge in [0, 0.05) is 11.8 Å². The first-order chi connectivity index (χ1) is 17.3. The van der Waals surface area contributed by atoms with Gasteiger partial charge in [-0.15, -0.1) is 0 Å². The molecule has 0 unspecified atom stereocenters. The van der Waals surface area contributed by atoms with Crippen LogP contribution in [0.2, 0.25) is 10.0 Å². The number of pyridine rings is 1. The Labute approximate surface area is 218 Å². The van der Waals surface area contributed by atoms with E-state index in [4.69, 9.17) is 23.2 Å². The van der Waals surface area contributed by atoms with Crippen LogP contribution in [0.4, 0.5) is 10.6 Å². The highest BCUT2D eigenvalue weighted by atomic mass is 35.5. The zero-order valence-electron chi connectivity index (χ0n) is 19.7. The van der Waals surface area contributed by atoms with E-state index in [-0.39, 0.29) is 28.9 Å². The van der Waals surface area contributed by atoms with Crippen LogP contribution in [0, 0.1) is 5.92 Å². The van der Waals surface area contributed by atoms with Crippen LogP contribution in [0.1, 0.15) is 64.8 Å². The first-order valence-electron chi connectivity index (χ1n) is 11.7. The number of nitrogens with zero attached hydrogens (tertiary/aromatic N) is 2. The van der Waals surface area contributed by atoms with Crippen molar-refractivity contribution >= 4 is 52.8 Å². The summed E-state index contributed by atoms with van der Waals surface area (Å²) in [5, 5.41) is 5.97. The molecule has 1 aromatic heterocycles. The zero-order chi connectivity index (χ0) is 25.8. The second-order valence-corrected chi connectivity index (χ2v) is 9.78. The first kappa shape index (κ1) is 25.9. The van der Waals surface area contributed by atoms with Crippen molar-refractivity contribution < 1.29 is 23.9 Å². The van der Waals surface area contributed by atoms with E-state index >= 15 is 0 Å². The summed E-state index contributed by atoms with van der Waals surface area (Å²) in [5.74, 6) is -1.000. The number of amides is 4. The topological polar surface area (TPSA) is 118 Å². The van der Waals surface area contributed by atoms with Crippen molar-refractivity contribution in [1.29, 1.82) is 0 Å². The fraction of sp³-hybridized carbons (Fsp3) is 0.400. The zero-order valence-corrected chi connectivity index (χ0v) is 21.2. The molecule has 1 aliphatic heterocycles. The molecular weight excluding hydrogens is 507 g/mol. The molecule has 0 saturated heterocycles. The van der Waals surface area contributed by atoms with Crippen molar-refractivity contribution in [2.24, 2.45) is 5.92 Å². The molecule has 4 rings (SSSR count). The summed E-state index contributed by atoms with van der Waals surface area (Å²) in [7, 11) is 1.27. The highest BCUT2D eigenvalue weighted by molar-refractivity contribution is 6.42. The predicted octanol–water partition coefficient (Wildman–Crippen LogP) is 4.82. The average Bonchev–Trinajstić information content (AvgIpc) is 3.19. The summed E-state index contributed by atoms with van der Waals surface area (Å²) in [6.45, 7) is 0.0329. The van der Waals surface area contributed by atoms with Crippen molar-refractivity contribution in [2.75, 3.05) is 12.4 Å². The molecule has 0 spiro atoms. The van der Waals surface area contributed by atoms with E-state index in [1.165, 1.54) is 31.5 Å². The lowest BCUT2D eigenvalue weighted by atomic mass is 9.84. The normalized spacial score (nSPS) is 16.3. The molecule has 1 saturated carbocycles. The lowest BCUT2D eigenvalue weighted by Crippen LogP contribution is -2.50. The van der Waals surface area contributed by atoms with Crippen molar-refractivity contribution in [3.8, 4) is 0 Å². The fourth-order valence-corrected chi connectivity index (χ4v) is 4.95. The van der Waals surface area contributed by atoms with Crippen LogP contribution >= 0.6 is 23.2 Å². The molecule has 4 amide bonds. The molecule has 2 aliphatic rings. The fourth-order valence-electron chi connectivity index (χ4n) is 4.60. The number of urea groups is 1. The number of esters is 1. The summed E-state index contributed by atoms with van der Waals surface area (Å²) in [5.41, 5.74) is 1.14. The molecule has 36 heavy (non-hydrogen) atoms. The lowest BCUT2D eigenvalue weighted by molar-refractivity contribution is -0.118. The summed E-state index contributed by atoms with van der Waals surface area (Å²) in [6, 6.07) is 4.43. The number of nitrogens with one attached hydrogen (secondary N) is 2. The Morgan fingerprint density at radius 2 is 1.86 bits per heavy atom. The predicted molar refractivity (Wildman–Crippen MR) is 134 cm³/mol. The van der Waals surface area contributed by atoms with Crippen molar-refractivity contribution in [3.05, 3.63) is 57.2 Å². The van der Waals surface area contributed by atoms with E-state index in [0.29, 0.717) is 22.6 Å². The molecule has 11 heteroatoms. The third-order valence-corrected chi connectivity index (χ3v) is 7.26. The number of anilines is 1. The van der Waals surface area contributed by atoms with Gasteiger partial charge in [-0.2, -0.15) is 0 Å². The molecule has 1 aromatic carbocycles. The smallest absolute Gasteiger partial charge is 0.339 e. The summed E-state index contributed by atoms with van der Waals surface area (Å²) >= 11 is 12.1. The van der Waals surface area contributed by atoms with Gasteiger partial charge in [-0.05, 0) is 42.2 Å². The van der Waals surface area contributed by atoms with E-state index in [0.717, 1.165) is 37.0 Å². The molecule has 0 bridgehead atoms. The number of carbonyl (C=O) groups is 4. The molecule has 0 radical (unpaired) electrons. The lowest BCUT2D eigenvalue weighted by Gasteiger charge is -2.27. The molecule has 2 N–H and O–H groups in total. The minimum absolute atomic E-state index is 0.0329. The Balaban J connectivity index is 1.48. The number of fused-ring (bicyclic) bond motifs is 1. The number of imide groups is 1. The third-order valence-electron chi connectivity index (χ3n) is 6.54. The molecule has 9 nitrogen and oxygen atoms in total. The van der Waals surface area contributed by atoms with Gasteiger partial charge in [-0.1, -0.05) is 55.3 Å². The van der Waals surface area contributed by atoms with Gasteiger partial charge >= 0.3 is 12.0 Å². The maximum Gasteiger partial charge on any atom is 0.339 e. The van der Waals surface area contributed by atoms with Crippen LogP contribution in [0.3, 0.4) is 0 Å². The average molecular weight is 533 g/mol. The quantitative estimate of drug-likeness (QED) is 0.515. The van der Waals surface area contributed by atoms with Gasteiger partial charge in [-0.25, -0.2) is 14.6 Å². The van der Waals surface area contributed by atoms with Crippen LogP contribution < -0.4 is 10.6 Å². The van der Waals surface area contributed by atoms with E-state index in [1.807, 2.05) is 0 Å². The molecular formula is C25H26Cl2N4O5. The number of carbonyl (C=O) groups excluding carboxylic acids is 4. The van der Waals surface area contributed by atoms with E-state index < -0.39 is 29.9 Å². The Bertz CT molecular complexity index is 1180. The largest absolute Gasteiger partial charge is 0.465 e. The molecule has 2 aromatic rings. The second kappa shape index (κ2) is 11.3. The van der Waals surface area contributed by atoms with Crippen molar-refractivity contribution in [2.45, 2.75) is 51.1 Å². The van der Waals surface area contributed by atoms with Gasteiger partial charge in [0.05, 0.1) is 29.3 Å². The maximum atomic E-state index is 13.2. The van der Waals surface area contributed by atoms with Gasteiger partial charge in [0.25, 0.3) is 5.91 Å². The number of hydrogen-bond donors (Lipinski definition) is 2. The number of ether oxygens (including phenoxy) is 1. The van der Waals surface area contributed by atoms with E-state index in [9.17, 15) is 19.2 Å². The first-order valence-corrected chi connectivity index (χ1v) is 12.5. The highest BCUT2D eigenvalue weighted by Gasteiger charge is 2.35. The minimum Gasteiger partial charge on any atom is -0.465 e. The molecule has 190 valence electrons. The minimum atomic E-state index is -0.883. The molecule has 1 atom stereocenters. The highest BCUT2D eigenvalue weighted by Crippen LogP contribution is 2.32. The second-order valence-electron chi connectivity index (χ2n) is 8.97. The Hall–Kier alpha value is -3.17. The van der Waals surface area contributed by atoms with Crippen LogP contribution in [0.5, 0.6) is 0 Å². The number of benzene rings is 1. The summed E-state index contributed by atoms with van der Waals surface area (Å²) < 4.78 is 4.66. The van der Waals surface area contributed by atoms with Crippen LogP contribution in [-0.4, -0.2) is 46.9 Å². The van der Waals surface area contributed by atoms with Crippen LogP contribution in [0.25, 0.3) is 0 Å². The van der Waals surface area contributed by atoms with E-state index in [2.05, 4.69) is 20.4 Å². The van der Waals surface area contributed by atoms with Gasteiger partial charge in [0.1, 0.15) is 11.9 Å². The monoisotopic (exact) mass is 532 g/mol.